The van der Waals surface area contributed by atoms with Crippen LogP contribution >= 0.6 is 0 Å². The molecular formula is C54H33N5O. The number of aromatic nitrogens is 5. The van der Waals surface area contributed by atoms with Gasteiger partial charge in [-0.05, 0) is 99.1 Å². The van der Waals surface area contributed by atoms with Gasteiger partial charge in [0.05, 0.1) is 17.1 Å². The van der Waals surface area contributed by atoms with Gasteiger partial charge in [-0.2, -0.15) is 4.80 Å². The Morgan fingerprint density at radius 2 is 0.967 bits per heavy atom. The molecule has 9 aromatic carbocycles. The van der Waals surface area contributed by atoms with Gasteiger partial charge in [0.15, 0.2) is 5.82 Å². The summed E-state index contributed by atoms with van der Waals surface area (Å²) < 4.78 is 6.34. The minimum absolute atomic E-state index is 0.638. The van der Waals surface area contributed by atoms with Crippen LogP contribution in [0.3, 0.4) is 0 Å². The molecule has 0 unspecified atom stereocenters. The molecule has 0 bridgehead atoms. The third-order valence-electron chi connectivity index (χ3n) is 11.5. The maximum absolute atomic E-state index is 6.34. The zero-order chi connectivity index (χ0) is 39.6. The molecule has 0 saturated heterocycles. The number of para-hydroxylation sites is 2. The second-order valence-corrected chi connectivity index (χ2v) is 15.2. The van der Waals surface area contributed by atoms with Crippen LogP contribution in [-0.2, 0) is 0 Å². The van der Waals surface area contributed by atoms with Crippen LogP contribution in [0.1, 0.15) is 0 Å². The highest BCUT2D eigenvalue weighted by atomic mass is 16.3. The lowest BCUT2D eigenvalue weighted by molar-refractivity contribution is 0.669. The molecule has 0 aliphatic heterocycles. The van der Waals surface area contributed by atoms with Crippen LogP contribution in [0.15, 0.2) is 205 Å². The van der Waals surface area contributed by atoms with E-state index in [1.54, 1.807) is 4.80 Å². The third kappa shape index (κ3) is 5.81. The van der Waals surface area contributed by atoms with Crippen molar-refractivity contribution in [1.29, 1.82) is 0 Å². The molecule has 0 N–H and O–H groups in total. The molecule has 60 heavy (non-hydrogen) atoms. The number of hydrogen-bond donors (Lipinski definition) is 0. The van der Waals surface area contributed by atoms with Crippen molar-refractivity contribution in [3.63, 3.8) is 0 Å². The summed E-state index contributed by atoms with van der Waals surface area (Å²) in [4.78, 5) is 12.3. The van der Waals surface area contributed by atoms with Gasteiger partial charge in [0.1, 0.15) is 22.2 Å². The Bertz CT molecular complexity index is 3610. The lowest BCUT2D eigenvalue weighted by Gasteiger charge is -2.12. The fourth-order valence-corrected chi connectivity index (χ4v) is 8.47. The van der Waals surface area contributed by atoms with E-state index in [4.69, 9.17) is 24.6 Å². The molecule has 0 fully saturated rings. The van der Waals surface area contributed by atoms with Crippen LogP contribution < -0.4 is 0 Å². The van der Waals surface area contributed by atoms with Gasteiger partial charge in [0.2, 0.25) is 0 Å². The number of rotatable bonds is 6. The van der Waals surface area contributed by atoms with Crippen molar-refractivity contribution in [2.24, 2.45) is 0 Å². The van der Waals surface area contributed by atoms with E-state index in [2.05, 4.69) is 140 Å². The smallest absolute Gasteiger partial charge is 0.160 e. The van der Waals surface area contributed by atoms with Gasteiger partial charge in [0, 0.05) is 32.8 Å². The first-order chi connectivity index (χ1) is 29.7. The van der Waals surface area contributed by atoms with Gasteiger partial charge in [-0.1, -0.05) is 140 Å². The van der Waals surface area contributed by atoms with Crippen molar-refractivity contribution >= 4 is 54.5 Å². The molecule has 0 aliphatic rings. The second-order valence-electron chi connectivity index (χ2n) is 15.2. The molecule has 3 heterocycles. The normalized spacial score (nSPS) is 11.7. The van der Waals surface area contributed by atoms with Gasteiger partial charge < -0.3 is 4.42 Å². The van der Waals surface area contributed by atoms with E-state index in [0.717, 1.165) is 99.4 Å². The van der Waals surface area contributed by atoms with Crippen LogP contribution in [0, 0.1) is 0 Å². The summed E-state index contributed by atoms with van der Waals surface area (Å²) in [7, 11) is 0. The summed E-state index contributed by atoms with van der Waals surface area (Å²) in [5.74, 6) is 0.638. The third-order valence-corrected chi connectivity index (χ3v) is 11.5. The molecule has 0 spiro atoms. The molecule has 0 saturated carbocycles. The Labute approximate surface area is 344 Å². The van der Waals surface area contributed by atoms with E-state index < -0.39 is 0 Å². The summed E-state index contributed by atoms with van der Waals surface area (Å²) in [6.45, 7) is 0. The number of hydrogen-bond acceptors (Lipinski definition) is 5. The first kappa shape index (κ1) is 33.9. The molecule has 3 aromatic heterocycles. The Kier molecular flexibility index (Phi) is 7.74. The Hall–Kier alpha value is -8.22. The van der Waals surface area contributed by atoms with Gasteiger partial charge in [-0.15, -0.1) is 10.2 Å². The SMILES string of the molecule is c1ccc(-c2cccc(-c3cccc(-c4cc(-c5ccc6c(c5)oc5ccccc56)nc(-c5ccc6c(ccc7ccc8nn(-c9ccccc9)nc8c76)c5)n4)c3)c2)cc1. The largest absolute Gasteiger partial charge is 0.456 e. The predicted molar refractivity (Wildman–Crippen MR) is 244 cm³/mol. The molecule has 12 rings (SSSR count). The van der Waals surface area contributed by atoms with Gasteiger partial charge >= 0.3 is 0 Å². The number of furan rings is 1. The van der Waals surface area contributed by atoms with Crippen LogP contribution in [0.5, 0.6) is 0 Å². The number of fused-ring (bicyclic) bond motifs is 8. The Morgan fingerprint density at radius 1 is 0.367 bits per heavy atom. The van der Waals surface area contributed by atoms with Gasteiger partial charge in [0.25, 0.3) is 0 Å². The summed E-state index contributed by atoms with van der Waals surface area (Å²) in [6.07, 6.45) is 0. The highest BCUT2D eigenvalue weighted by Gasteiger charge is 2.17. The van der Waals surface area contributed by atoms with E-state index in [1.807, 2.05) is 60.7 Å². The fourth-order valence-electron chi connectivity index (χ4n) is 8.47. The van der Waals surface area contributed by atoms with E-state index in [1.165, 1.54) is 11.1 Å². The van der Waals surface area contributed by atoms with Crippen molar-refractivity contribution in [2.45, 2.75) is 0 Å². The van der Waals surface area contributed by atoms with Crippen LogP contribution in [0.2, 0.25) is 0 Å². The van der Waals surface area contributed by atoms with Crippen molar-refractivity contribution in [2.75, 3.05) is 0 Å². The first-order valence-electron chi connectivity index (χ1n) is 20.0. The summed E-state index contributed by atoms with van der Waals surface area (Å²) in [5.41, 5.74) is 13.5. The average Bonchev–Trinajstić information content (AvgIpc) is 3.94. The van der Waals surface area contributed by atoms with Crippen LogP contribution in [0.4, 0.5) is 0 Å². The minimum Gasteiger partial charge on any atom is -0.456 e. The predicted octanol–water partition coefficient (Wildman–Crippen LogP) is 13.8. The maximum Gasteiger partial charge on any atom is 0.160 e. The molecule has 6 nitrogen and oxygen atoms in total. The molecular weight excluding hydrogens is 735 g/mol. The molecule has 0 aliphatic carbocycles. The molecule has 12 aromatic rings. The standard InChI is InChI=1S/C54H33N5O/c1-3-11-34(12-4-1)36-13-9-14-37(29-36)38-15-10-16-40(30-38)48-33-49(41-23-27-46-45-19-7-8-20-50(45)60-51(46)32-41)56-54(55-48)42-24-26-44-39(31-42)22-21-35-25-28-47-53(52(35)44)58-59(57-47)43-17-5-2-6-18-43/h1-33H. The fraction of sp³-hybridized carbons (Fsp3) is 0. The average molecular weight is 768 g/mol. The van der Waals surface area contributed by atoms with E-state index in [9.17, 15) is 0 Å². The maximum atomic E-state index is 6.34. The zero-order valence-corrected chi connectivity index (χ0v) is 32.2. The van der Waals surface area contributed by atoms with Crippen LogP contribution in [-0.4, -0.2) is 25.0 Å². The van der Waals surface area contributed by atoms with Crippen molar-refractivity contribution in [3.05, 3.63) is 200 Å². The van der Waals surface area contributed by atoms with Crippen molar-refractivity contribution in [3.8, 4) is 61.8 Å². The Morgan fingerprint density at radius 3 is 1.78 bits per heavy atom. The molecule has 0 amide bonds. The zero-order valence-electron chi connectivity index (χ0n) is 32.2. The van der Waals surface area contributed by atoms with E-state index in [0.29, 0.717) is 5.82 Å². The van der Waals surface area contributed by atoms with Gasteiger partial charge in [-0.3, -0.25) is 0 Å². The highest BCUT2D eigenvalue weighted by Crippen LogP contribution is 2.37. The quantitative estimate of drug-likeness (QED) is 0.158. The van der Waals surface area contributed by atoms with Crippen molar-refractivity contribution < 1.29 is 4.42 Å². The lowest BCUT2D eigenvalue weighted by Crippen LogP contribution is -1.97. The highest BCUT2D eigenvalue weighted by molar-refractivity contribution is 6.18. The first-order valence-corrected chi connectivity index (χ1v) is 20.0. The summed E-state index contributed by atoms with van der Waals surface area (Å²) in [5, 5.41) is 16.3. The monoisotopic (exact) mass is 767 g/mol. The summed E-state index contributed by atoms with van der Waals surface area (Å²) in [6, 6.07) is 69.4. The van der Waals surface area contributed by atoms with Crippen molar-refractivity contribution in [1.82, 2.24) is 25.0 Å². The van der Waals surface area contributed by atoms with E-state index >= 15 is 0 Å². The Balaban J connectivity index is 1.01. The topological polar surface area (TPSA) is 69.6 Å². The summed E-state index contributed by atoms with van der Waals surface area (Å²) >= 11 is 0. The molecule has 280 valence electrons. The van der Waals surface area contributed by atoms with E-state index in [-0.39, 0.29) is 0 Å². The second kappa shape index (κ2) is 13.7. The lowest BCUT2D eigenvalue weighted by atomic mass is 9.97. The molecule has 0 radical (unpaired) electrons. The number of benzene rings is 9. The van der Waals surface area contributed by atoms with Crippen LogP contribution in [0.25, 0.3) is 116 Å². The number of nitrogens with zero attached hydrogens (tertiary/aromatic N) is 5. The molecule has 0 atom stereocenters. The minimum atomic E-state index is 0.638. The molecule has 6 heteroatoms. The van der Waals surface area contributed by atoms with Gasteiger partial charge in [-0.25, -0.2) is 9.97 Å².